The fourth-order valence-corrected chi connectivity index (χ4v) is 1.42. The van der Waals surface area contributed by atoms with Gasteiger partial charge in [0.25, 0.3) is 0 Å². The summed E-state index contributed by atoms with van der Waals surface area (Å²) in [6.45, 7) is 3.45. The Hall–Kier alpha value is -1.02. The van der Waals surface area contributed by atoms with E-state index in [-0.39, 0.29) is 0 Å². The third-order valence-electron chi connectivity index (χ3n) is 1.18. The molecule has 0 aliphatic heterocycles. The van der Waals surface area contributed by atoms with E-state index in [2.05, 4.69) is 18.4 Å². The van der Waals surface area contributed by atoms with Crippen LogP contribution in [-0.2, 0) is 0 Å². The third-order valence-corrected chi connectivity index (χ3v) is 2.22. The molecular weight excluding hydrogens is 171 g/mol. The minimum atomic E-state index is -1.39. The molecule has 1 rings (SSSR count). The van der Waals surface area contributed by atoms with Gasteiger partial charge in [0.2, 0.25) is 0 Å². The van der Waals surface area contributed by atoms with Crippen molar-refractivity contribution in [2.45, 2.75) is 0 Å². The van der Waals surface area contributed by atoms with E-state index in [1.807, 2.05) is 0 Å². The molecule has 0 spiro atoms. The normalized spacial score (nSPS) is 8.50. The summed E-state index contributed by atoms with van der Waals surface area (Å²) >= 11 is 1.26. The monoisotopic (exact) mass is 178 g/mol. The van der Waals surface area contributed by atoms with Crippen molar-refractivity contribution in [3.63, 3.8) is 0 Å². The van der Waals surface area contributed by atoms with Gasteiger partial charge in [0.05, 0.1) is 4.88 Å². The molecule has 1 aromatic heterocycles. The van der Waals surface area contributed by atoms with E-state index in [4.69, 9.17) is 10.0 Å². The molecule has 12 heavy (non-hydrogen) atoms. The Balaban J connectivity index is 2.84. The van der Waals surface area contributed by atoms with Crippen LogP contribution in [0.3, 0.4) is 0 Å². The smallest absolute Gasteiger partial charge is 0.423 e. The maximum Gasteiger partial charge on any atom is 0.499 e. The highest BCUT2D eigenvalue weighted by Crippen LogP contribution is 2.04. The fourth-order valence-electron chi connectivity index (χ4n) is 0.681. The quantitative estimate of drug-likeness (QED) is 0.468. The minimum absolute atomic E-state index is 0.503. The van der Waals surface area contributed by atoms with Gasteiger partial charge in [0, 0.05) is 4.78 Å². The maximum absolute atomic E-state index is 8.76. The largest absolute Gasteiger partial charge is 0.499 e. The summed E-state index contributed by atoms with van der Waals surface area (Å²) in [5.41, 5.74) is 0. The van der Waals surface area contributed by atoms with Crippen LogP contribution in [0.5, 0.6) is 0 Å². The van der Waals surface area contributed by atoms with Gasteiger partial charge in [-0.1, -0.05) is 24.5 Å². The molecule has 4 heteroatoms. The van der Waals surface area contributed by atoms with Crippen LogP contribution in [-0.4, -0.2) is 17.2 Å². The average Bonchev–Trinajstić information content (AvgIpc) is 2.48. The molecule has 0 aliphatic carbocycles. The van der Waals surface area contributed by atoms with Crippen molar-refractivity contribution in [3.8, 4) is 11.8 Å². The second-order valence-electron chi connectivity index (χ2n) is 2.05. The zero-order chi connectivity index (χ0) is 8.97. The van der Waals surface area contributed by atoms with Crippen molar-refractivity contribution in [3.05, 3.63) is 29.7 Å². The number of hydrogen-bond acceptors (Lipinski definition) is 3. The molecule has 0 atom stereocenters. The predicted octanol–water partition coefficient (Wildman–Crippen LogP) is -0.0346. The third kappa shape index (κ3) is 2.24. The van der Waals surface area contributed by atoms with Crippen molar-refractivity contribution < 1.29 is 10.0 Å². The van der Waals surface area contributed by atoms with Crippen molar-refractivity contribution in [2.75, 3.05) is 0 Å². The summed E-state index contributed by atoms with van der Waals surface area (Å²) in [6.07, 6.45) is 1.49. The van der Waals surface area contributed by atoms with Gasteiger partial charge in [-0.25, -0.2) is 0 Å². The molecule has 2 N–H and O–H groups in total. The molecule has 0 saturated heterocycles. The highest BCUT2D eigenvalue weighted by Gasteiger charge is 2.12. The molecule has 0 amide bonds. The van der Waals surface area contributed by atoms with E-state index in [1.165, 1.54) is 17.4 Å². The Morgan fingerprint density at radius 3 is 2.75 bits per heavy atom. The summed E-state index contributed by atoms with van der Waals surface area (Å²) in [5.74, 6) is 5.48. The van der Waals surface area contributed by atoms with Crippen molar-refractivity contribution >= 4 is 23.2 Å². The summed E-state index contributed by atoms with van der Waals surface area (Å²) in [5, 5.41) is 17.5. The lowest BCUT2D eigenvalue weighted by atomic mass is 9.90. The lowest BCUT2D eigenvalue weighted by Gasteiger charge is -1.87. The first-order chi connectivity index (χ1) is 5.74. The van der Waals surface area contributed by atoms with Gasteiger partial charge < -0.3 is 10.0 Å². The molecule has 2 nitrogen and oxygen atoms in total. The lowest BCUT2D eigenvalue weighted by molar-refractivity contribution is 0.427. The molecule has 0 fully saturated rings. The van der Waals surface area contributed by atoms with Crippen molar-refractivity contribution in [1.82, 2.24) is 0 Å². The molecule has 1 heterocycles. The first-order valence-corrected chi connectivity index (χ1v) is 4.14. The maximum atomic E-state index is 8.76. The van der Waals surface area contributed by atoms with E-state index in [0.717, 1.165) is 4.88 Å². The zero-order valence-corrected chi connectivity index (χ0v) is 7.14. The van der Waals surface area contributed by atoms with Gasteiger partial charge in [0.1, 0.15) is 0 Å². The Labute approximate surface area is 75.3 Å². The highest BCUT2D eigenvalue weighted by atomic mass is 32.1. The van der Waals surface area contributed by atoms with Crippen molar-refractivity contribution in [1.29, 1.82) is 0 Å². The second-order valence-corrected chi connectivity index (χ2v) is 3.16. The Morgan fingerprint density at radius 2 is 2.25 bits per heavy atom. The van der Waals surface area contributed by atoms with Crippen LogP contribution in [0, 0.1) is 11.8 Å². The van der Waals surface area contributed by atoms with Crippen LogP contribution >= 0.6 is 11.3 Å². The van der Waals surface area contributed by atoms with Crippen LogP contribution in [0.2, 0.25) is 0 Å². The lowest BCUT2D eigenvalue weighted by Crippen LogP contribution is -2.26. The molecule has 1 aromatic rings. The first-order valence-electron chi connectivity index (χ1n) is 3.32. The molecular formula is C8H7BO2S. The summed E-state index contributed by atoms with van der Waals surface area (Å²) in [7, 11) is -1.39. The Kier molecular flexibility index (Phi) is 3.12. The molecule has 0 aromatic carbocycles. The topological polar surface area (TPSA) is 40.5 Å². The van der Waals surface area contributed by atoms with Crippen LogP contribution in [0.15, 0.2) is 24.8 Å². The first kappa shape index (κ1) is 9.08. The van der Waals surface area contributed by atoms with E-state index < -0.39 is 7.12 Å². The molecule has 0 saturated carbocycles. The van der Waals surface area contributed by atoms with E-state index in [9.17, 15) is 0 Å². The van der Waals surface area contributed by atoms with Crippen LogP contribution in [0.1, 0.15) is 4.88 Å². The van der Waals surface area contributed by atoms with Gasteiger partial charge in [-0.2, -0.15) is 0 Å². The fraction of sp³-hybridized carbons (Fsp3) is 0. The molecule has 0 bridgehead atoms. The molecule has 0 aliphatic rings. The van der Waals surface area contributed by atoms with Gasteiger partial charge in [0.15, 0.2) is 0 Å². The van der Waals surface area contributed by atoms with E-state index in [1.54, 1.807) is 12.1 Å². The molecule has 0 radical (unpaired) electrons. The Morgan fingerprint density at radius 1 is 1.50 bits per heavy atom. The summed E-state index contributed by atoms with van der Waals surface area (Å²) in [4.78, 5) is 0.804. The van der Waals surface area contributed by atoms with E-state index >= 15 is 0 Å². The number of allylic oxidation sites excluding steroid dienone is 1. The summed E-state index contributed by atoms with van der Waals surface area (Å²) in [6, 6.07) is 3.39. The SMILES string of the molecule is C=CC#Cc1ccc(B(O)O)s1. The van der Waals surface area contributed by atoms with Gasteiger partial charge in [-0.05, 0) is 12.1 Å². The predicted molar refractivity (Wildman–Crippen MR) is 51.2 cm³/mol. The summed E-state index contributed by atoms with van der Waals surface area (Å²) < 4.78 is 0.503. The number of hydrogen-bond donors (Lipinski definition) is 2. The standard InChI is InChI=1S/C8H7BO2S/c1-2-3-4-7-5-6-8(12-7)9(10)11/h2,5-6,10-11H,1H2. The van der Waals surface area contributed by atoms with Crippen LogP contribution in [0.4, 0.5) is 0 Å². The van der Waals surface area contributed by atoms with Crippen LogP contribution < -0.4 is 4.78 Å². The number of thiophene rings is 1. The van der Waals surface area contributed by atoms with Gasteiger partial charge >= 0.3 is 7.12 Å². The molecule has 0 unspecified atom stereocenters. The van der Waals surface area contributed by atoms with Gasteiger partial charge in [-0.15, -0.1) is 11.3 Å². The average molecular weight is 178 g/mol. The second kappa shape index (κ2) is 4.12. The highest BCUT2D eigenvalue weighted by molar-refractivity contribution is 7.22. The number of rotatable bonds is 1. The minimum Gasteiger partial charge on any atom is -0.423 e. The zero-order valence-electron chi connectivity index (χ0n) is 6.32. The van der Waals surface area contributed by atoms with E-state index in [0.29, 0.717) is 4.78 Å². The van der Waals surface area contributed by atoms with Gasteiger partial charge in [-0.3, -0.25) is 0 Å². The molecule has 60 valence electrons. The van der Waals surface area contributed by atoms with Crippen LogP contribution in [0.25, 0.3) is 0 Å². The Bertz CT molecular complexity index is 332. The van der Waals surface area contributed by atoms with Crippen molar-refractivity contribution in [2.24, 2.45) is 0 Å².